The lowest BCUT2D eigenvalue weighted by molar-refractivity contribution is -0.143. The zero-order valence-electron chi connectivity index (χ0n) is 15.9. The van der Waals surface area contributed by atoms with Crippen LogP contribution < -0.4 is 0 Å². The highest BCUT2D eigenvalue weighted by Crippen LogP contribution is 2.42. The summed E-state index contributed by atoms with van der Waals surface area (Å²) >= 11 is 0.760. The van der Waals surface area contributed by atoms with Gasteiger partial charge in [0.05, 0.1) is 18.4 Å². The highest BCUT2D eigenvalue weighted by Gasteiger charge is 2.41. The van der Waals surface area contributed by atoms with Gasteiger partial charge < -0.3 is 4.74 Å². The van der Waals surface area contributed by atoms with Crippen LogP contribution in [-0.2, 0) is 23.1 Å². The normalized spacial score (nSPS) is 11.9. The number of pyridine rings is 2. The molecule has 0 aromatic carbocycles. The molecule has 0 saturated heterocycles. The number of ether oxygens (including phenoxy) is 1. The molecule has 29 heavy (non-hydrogen) atoms. The fraction of sp³-hybridized carbons (Fsp3) is 0.421. The molecule has 158 valence electrons. The van der Waals surface area contributed by atoms with Crippen molar-refractivity contribution in [2.45, 2.75) is 43.5 Å². The van der Waals surface area contributed by atoms with Gasteiger partial charge in [0, 0.05) is 16.8 Å². The number of halogens is 5. The van der Waals surface area contributed by atoms with E-state index in [9.17, 15) is 26.7 Å². The molecule has 0 unspecified atom stereocenters. The fourth-order valence-electron chi connectivity index (χ4n) is 2.71. The summed E-state index contributed by atoms with van der Waals surface area (Å²) in [6.45, 7) is 3.42. The lowest BCUT2D eigenvalue weighted by atomic mass is 9.96. The van der Waals surface area contributed by atoms with Crippen LogP contribution in [0.1, 0.15) is 53.3 Å². The van der Waals surface area contributed by atoms with E-state index in [2.05, 4.69) is 14.7 Å². The van der Waals surface area contributed by atoms with Crippen molar-refractivity contribution in [3.8, 4) is 0 Å². The Kier molecular flexibility index (Phi) is 7.56. The van der Waals surface area contributed by atoms with Gasteiger partial charge in [-0.3, -0.25) is 4.98 Å². The van der Waals surface area contributed by atoms with Gasteiger partial charge >= 0.3 is 12.1 Å². The van der Waals surface area contributed by atoms with Gasteiger partial charge in [0.25, 0.3) is 6.43 Å². The number of nitrogens with zero attached hydrogens (tertiary/aromatic N) is 2. The maximum absolute atomic E-state index is 13.7. The number of alkyl halides is 5. The maximum atomic E-state index is 13.7. The molecule has 0 atom stereocenters. The Balaban J connectivity index is 2.75. The third kappa shape index (κ3) is 5.65. The molecule has 0 radical (unpaired) electrons. The monoisotopic (exact) mass is 434 g/mol. The number of methoxy groups -OCH3 is 1. The van der Waals surface area contributed by atoms with Gasteiger partial charge in [-0.1, -0.05) is 19.9 Å². The smallest absolute Gasteiger partial charge is 0.434 e. The van der Waals surface area contributed by atoms with E-state index in [1.54, 1.807) is 32.0 Å². The molecule has 0 fully saturated rings. The average Bonchev–Trinajstić information content (AvgIpc) is 2.65. The highest BCUT2D eigenvalue weighted by molar-refractivity contribution is 7.98. The minimum Gasteiger partial charge on any atom is -0.465 e. The SMILES string of the molecule is COC(=O)c1c(C(F)F)nc(C(F)(F)F)c(SCc2ccccn2)c1CC(C)C. The molecule has 2 aromatic heterocycles. The number of carbonyl (C=O) groups excluding carboxylic acids is 1. The van der Waals surface area contributed by atoms with Crippen molar-refractivity contribution < 1.29 is 31.5 Å². The topological polar surface area (TPSA) is 52.1 Å². The highest BCUT2D eigenvalue weighted by atomic mass is 32.2. The maximum Gasteiger partial charge on any atom is 0.434 e. The molecular formula is C19H19F5N2O2S. The van der Waals surface area contributed by atoms with Crippen LogP contribution in [0.3, 0.4) is 0 Å². The van der Waals surface area contributed by atoms with E-state index in [0.29, 0.717) is 5.69 Å². The molecule has 2 heterocycles. The number of thioether (sulfide) groups is 1. The van der Waals surface area contributed by atoms with Gasteiger partial charge in [-0.2, -0.15) is 13.2 Å². The van der Waals surface area contributed by atoms with Crippen LogP contribution in [0.2, 0.25) is 0 Å². The summed E-state index contributed by atoms with van der Waals surface area (Å²) in [6.07, 6.45) is -6.88. The summed E-state index contributed by atoms with van der Waals surface area (Å²) in [4.78, 5) is 19.1. The Hall–Kier alpha value is -2.23. The molecule has 0 spiro atoms. The molecule has 0 bridgehead atoms. The van der Waals surface area contributed by atoms with Crippen molar-refractivity contribution in [2.75, 3.05) is 7.11 Å². The van der Waals surface area contributed by atoms with E-state index >= 15 is 0 Å². The molecule has 10 heteroatoms. The molecule has 4 nitrogen and oxygen atoms in total. The zero-order valence-corrected chi connectivity index (χ0v) is 16.7. The van der Waals surface area contributed by atoms with E-state index < -0.39 is 35.5 Å². The molecule has 0 aliphatic rings. The summed E-state index contributed by atoms with van der Waals surface area (Å²) in [6, 6.07) is 4.97. The van der Waals surface area contributed by atoms with Gasteiger partial charge in [0.15, 0.2) is 5.69 Å². The van der Waals surface area contributed by atoms with Gasteiger partial charge in [-0.05, 0) is 30.0 Å². The Morgan fingerprint density at radius 2 is 1.93 bits per heavy atom. The van der Waals surface area contributed by atoms with Crippen molar-refractivity contribution in [3.05, 3.63) is 52.6 Å². The summed E-state index contributed by atoms with van der Waals surface area (Å²) in [5.41, 5.74) is -2.89. The second kappa shape index (κ2) is 9.51. The van der Waals surface area contributed by atoms with E-state index in [4.69, 9.17) is 0 Å². The standard InChI is InChI=1S/C19H19F5N2O2S/c1-10(2)8-12-13(18(27)28-3)14(17(20)21)26-16(19(22,23)24)15(12)29-9-11-6-4-5-7-25-11/h4-7,10,17H,8-9H2,1-3H3. The number of rotatable bonds is 7. The Bertz CT molecular complexity index is 858. The van der Waals surface area contributed by atoms with Gasteiger partial charge in [0.1, 0.15) is 5.69 Å². The summed E-state index contributed by atoms with van der Waals surface area (Å²) < 4.78 is 72.7. The third-order valence-electron chi connectivity index (χ3n) is 3.85. The third-order valence-corrected chi connectivity index (χ3v) is 5.02. The predicted octanol–water partition coefficient (Wildman–Crippen LogP) is 5.71. The van der Waals surface area contributed by atoms with Crippen molar-refractivity contribution in [1.29, 1.82) is 0 Å². The predicted molar refractivity (Wildman–Crippen MR) is 97.9 cm³/mol. The summed E-state index contributed by atoms with van der Waals surface area (Å²) in [5.74, 6) is -1.30. The second-order valence-corrected chi connectivity index (χ2v) is 7.51. The lowest BCUT2D eigenvalue weighted by Gasteiger charge is -2.22. The van der Waals surface area contributed by atoms with Gasteiger partial charge in [-0.25, -0.2) is 18.6 Å². The van der Waals surface area contributed by atoms with Crippen LogP contribution in [0.15, 0.2) is 29.3 Å². The van der Waals surface area contributed by atoms with Crippen LogP contribution in [-0.4, -0.2) is 23.0 Å². The van der Waals surface area contributed by atoms with Gasteiger partial charge in [0.2, 0.25) is 0 Å². The first-order valence-electron chi connectivity index (χ1n) is 8.59. The number of esters is 1. The van der Waals surface area contributed by atoms with Crippen LogP contribution in [0.4, 0.5) is 22.0 Å². The molecule has 0 aliphatic carbocycles. The number of carbonyl (C=O) groups is 1. The fourth-order valence-corrected chi connectivity index (χ4v) is 3.83. The number of aromatic nitrogens is 2. The molecule has 0 N–H and O–H groups in total. The quantitative estimate of drug-likeness (QED) is 0.317. The average molecular weight is 434 g/mol. The lowest BCUT2D eigenvalue weighted by Crippen LogP contribution is -2.21. The largest absolute Gasteiger partial charge is 0.465 e. The van der Waals surface area contributed by atoms with Crippen LogP contribution in [0.25, 0.3) is 0 Å². The first-order valence-corrected chi connectivity index (χ1v) is 9.57. The van der Waals surface area contributed by atoms with E-state index in [-0.39, 0.29) is 28.6 Å². The van der Waals surface area contributed by atoms with Crippen LogP contribution in [0.5, 0.6) is 0 Å². The molecular weight excluding hydrogens is 415 g/mol. The van der Waals surface area contributed by atoms with Gasteiger partial charge in [-0.15, -0.1) is 11.8 Å². The minimum atomic E-state index is -4.98. The van der Waals surface area contributed by atoms with E-state index in [1.165, 1.54) is 6.20 Å². The van der Waals surface area contributed by atoms with E-state index in [1.807, 2.05) is 0 Å². The first-order chi connectivity index (χ1) is 13.6. The molecule has 2 aromatic rings. The van der Waals surface area contributed by atoms with Crippen LogP contribution in [0, 0.1) is 5.92 Å². The summed E-state index contributed by atoms with van der Waals surface area (Å²) in [7, 11) is 0.981. The molecule has 2 rings (SSSR count). The van der Waals surface area contributed by atoms with Crippen molar-refractivity contribution in [2.24, 2.45) is 5.92 Å². The minimum absolute atomic E-state index is 0.0275. The number of hydrogen-bond donors (Lipinski definition) is 0. The Morgan fingerprint density at radius 3 is 2.41 bits per heavy atom. The zero-order chi connectivity index (χ0) is 21.8. The second-order valence-electron chi connectivity index (χ2n) is 6.53. The molecule has 0 amide bonds. The molecule has 0 saturated carbocycles. The molecule has 0 aliphatic heterocycles. The first kappa shape index (κ1) is 23.1. The van der Waals surface area contributed by atoms with Crippen LogP contribution >= 0.6 is 11.8 Å². The van der Waals surface area contributed by atoms with Crippen molar-refractivity contribution in [3.63, 3.8) is 0 Å². The Morgan fingerprint density at radius 1 is 1.24 bits per heavy atom. The Labute approximate surface area is 168 Å². The summed E-state index contributed by atoms with van der Waals surface area (Å²) in [5, 5.41) is 0. The number of hydrogen-bond acceptors (Lipinski definition) is 5. The van der Waals surface area contributed by atoms with Crippen molar-refractivity contribution in [1.82, 2.24) is 9.97 Å². The van der Waals surface area contributed by atoms with E-state index in [0.717, 1.165) is 18.9 Å². The van der Waals surface area contributed by atoms with Crippen molar-refractivity contribution >= 4 is 17.7 Å².